The number of carbonyl (C=O) groups excluding carboxylic acids is 1. The summed E-state index contributed by atoms with van der Waals surface area (Å²) in [5.74, 6) is 0.111. The minimum absolute atomic E-state index is 0.0461. The van der Waals surface area contributed by atoms with E-state index in [2.05, 4.69) is 30.3 Å². The third-order valence-electron chi connectivity index (χ3n) is 4.28. The first-order valence-corrected chi connectivity index (χ1v) is 8.25. The van der Waals surface area contributed by atoms with Crippen LogP contribution in [0.5, 0.6) is 0 Å². The Morgan fingerprint density at radius 1 is 1.33 bits per heavy atom. The molecule has 4 heteroatoms. The molecule has 110 valence electrons. The van der Waals surface area contributed by atoms with Crippen molar-refractivity contribution in [2.75, 3.05) is 6.54 Å². The Hall–Kier alpha value is -1.68. The van der Waals surface area contributed by atoms with Crippen molar-refractivity contribution in [1.29, 1.82) is 0 Å². The summed E-state index contributed by atoms with van der Waals surface area (Å²) in [5, 5.41) is 4.12. The Bertz CT molecular complexity index is 661. The highest BCUT2D eigenvalue weighted by Gasteiger charge is 2.36. The van der Waals surface area contributed by atoms with Crippen LogP contribution in [0.25, 0.3) is 11.3 Å². The van der Waals surface area contributed by atoms with Gasteiger partial charge >= 0.3 is 0 Å². The highest BCUT2D eigenvalue weighted by Crippen LogP contribution is 2.30. The highest BCUT2D eigenvalue weighted by molar-refractivity contribution is 7.08. The monoisotopic (exact) mass is 300 g/mol. The number of carbonyl (C=O) groups is 1. The molecule has 21 heavy (non-hydrogen) atoms. The van der Waals surface area contributed by atoms with Gasteiger partial charge in [0.05, 0.1) is 17.0 Å². The molecule has 0 aliphatic carbocycles. The van der Waals surface area contributed by atoms with E-state index in [4.69, 9.17) is 0 Å². The van der Waals surface area contributed by atoms with Crippen molar-refractivity contribution < 1.29 is 4.79 Å². The van der Waals surface area contributed by atoms with E-state index >= 15 is 0 Å². The Morgan fingerprint density at radius 2 is 2.14 bits per heavy atom. The van der Waals surface area contributed by atoms with Gasteiger partial charge < -0.3 is 4.90 Å². The molecule has 1 fully saturated rings. The van der Waals surface area contributed by atoms with Crippen molar-refractivity contribution in [2.24, 2.45) is 0 Å². The second kappa shape index (κ2) is 5.26. The normalized spacial score (nSPS) is 17.2. The Balaban J connectivity index is 1.91. The average Bonchev–Trinajstić information content (AvgIpc) is 3.07. The average molecular weight is 300 g/mol. The van der Waals surface area contributed by atoms with Crippen molar-refractivity contribution in [2.45, 2.75) is 39.2 Å². The molecular formula is C17H20N2OS. The van der Waals surface area contributed by atoms with E-state index in [9.17, 15) is 4.79 Å². The zero-order valence-electron chi connectivity index (χ0n) is 12.7. The summed E-state index contributed by atoms with van der Waals surface area (Å²) in [5.41, 5.74) is 3.54. The summed E-state index contributed by atoms with van der Waals surface area (Å²) in [6, 6.07) is 5.93. The molecule has 2 aromatic rings. The third-order valence-corrected chi connectivity index (χ3v) is 4.96. The van der Waals surface area contributed by atoms with Gasteiger partial charge in [-0.1, -0.05) is 0 Å². The zero-order chi connectivity index (χ0) is 15.0. The Labute approximate surface area is 129 Å². The van der Waals surface area contributed by atoms with Gasteiger partial charge in [0.25, 0.3) is 5.91 Å². The lowest BCUT2D eigenvalue weighted by Crippen LogP contribution is -2.42. The molecule has 0 bridgehead atoms. The van der Waals surface area contributed by atoms with Crippen LogP contribution in [-0.4, -0.2) is 27.9 Å². The molecule has 3 nitrogen and oxygen atoms in total. The molecule has 1 saturated heterocycles. The summed E-state index contributed by atoms with van der Waals surface area (Å²) in [4.78, 5) is 19.4. The number of pyridine rings is 1. The van der Waals surface area contributed by atoms with Gasteiger partial charge in [0.15, 0.2) is 0 Å². The standard InChI is InChI=1S/C17H20N2OS/c1-12-14(16(20)19-9-4-8-17(19,2)3)5-6-15(18-12)13-7-10-21-11-13/h5-7,10-11H,4,8-9H2,1-3H3. The summed E-state index contributed by atoms with van der Waals surface area (Å²) >= 11 is 1.66. The molecule has 0 saturated carbocycles. The first kappa shape index (κ1) is 14.3. The molecule has 1 aliphatic rings. The highest BCUT2D eigenvalue weighted by atomic mass is 32.1. The molecule has 2 aromatic heterocycles. The number of aryl methyl sites for hydroxylation is 1. The number of thiophene rings is 1. The van der Waals surface area contributed by atoms with Crippen LogP contribution in [0.15, 0.2) is 29.0 Å². The summed E-state index contributed by atoms with van der Waals surface area (Å²) in [6.45, 7) is 7.05. The molecule has 0 radical (unpaired) electrons. The molecule has 0 aromatic carbocycles. The number of hydrogen-bond acceptors (Lipinski definition) is 3. The van der Waals surface area contributed by atoms with Gasteiger partial charge in [-0.05, 0) is 57.2 Å². The fraction of sp³-hybridized carbons (Fsp3) is 0.412. The molecule has 1 amide bonds. The molecule has 3 rings (SSSR count). The van der Waals surface area contributed by atoms with Crippen LogP contribution in [0.4, 0.5) is 0 Å². The SMILES string of the molecule is Cc1nc(-c2ccsc2)ccc1C(=O)N1CCCC1(C)C. The van der Waals surface area contributed by atoms with Crippen LogP contribution in [0.1, 0.15) is 42.7 Å². The van der Waals surface area contributed by atoms with Gasteiger partial charge in [-0.15, -0.1) is 0 Å². The first-order chi connectivity index (χ1) is 9.99. The third kappa shape index (κ3) is 2.60. The first-order valence-electron chi connectivity index (χ1n) is 7.31. The van der Waals surface area contributed by atoms with Crippen molar-refractivity contribution in [3.8, 4) is 11.3 Å². The predicted molar refractivity (Wildman–Crippen MR) is 86.6 cm³/mol. The summed E-state index contributed by atoms with van der Waals surface area (Å²) in [7, 11) is 0. The topological polar surface area (TPSA) is 33.2 Å². The Morgan fingerprint density at radius 3 is 2.71 bits per heavy atom. The van der Waals surface area contributed by atoms with Crippen molar-refractivity contribution in [1.82, 2.24) is 9.88 Å². The number of hydrogen-bond donors (Lipinski definition) is 0. The minimum Gasteiger partial charge on any atom is -0.333 e. The number of likely N-dealkylation sites (tertiary alicyclic amines) is 1. The van der Waals surface area contributed by atoms with Gasteiger partial charge in [0, 0.05) is 23.0 Å². The fourth-order valence-electron chi connectivity index (χ4n) is 2.99. The molecule has 1 aliphatic heterocycles. The van der Waals surface area contributed by atoms with E-state index < -0.39 is 0 Å². The molecular weight excluding hydrogens is 280 g/mol. The molecule has 0 atom stereocenters. The second-order valence-electron chi connectivity index (χ2n) is 6.21. The van der Waals surface area contributed by atoms with Crippen molar-refractivity contribution in [3.63, 3.8) is 0 Å². The van der Waals surface area contributed by atoms with E-state index in [1.54, 1.807) is 11.3 Å². The maximum absolute atomic E-state index is 12.8. The smallest absolute Gasteiger partial charge is 0.256 e. The van der Waals surface area contributed by atoms with E-state index in [1.807, 2.05) is 29.3 Å². The lowest BCUT2D eigenvalue weighted by molar-refractivity contribution is 0.0651. The molecule has 0 unspecified atom stereocenters. The number of amides is 1. The van der Waals surface area contributed by atoms with E-state index in [0.717, 1.165) is 41.9 Å². The number of rotatable bonds is 2. The van der Waals surface area contributed by atoms with Crippen LogP contribution >= 0.6 is 11.3 Å². The molecule has 0 spiro atoms. The van der Waals surface area contributed by atoms with E-state index in [0.29, 0.717) is 0 Å². The van der Waals surface area contributed by atoms with Crippen molar-refractivity contribution in [3.05, 3.63) is 40.2 Å². The zero-order valence-corrected chi connectivity index (χ0v) is 13.5. The quantitative estimate of drug-likeness (QED) is 0.835. The van der Waals surface area contributed by atoms with Crippen LogP contribution < -0.4 is 0 Å². The van der Waals surface area contributed by atoms with E-state index in [1.165, 1.54) is 0 Å². The lowest BCUT2D eigenvalue weighted by Gasteiger charge is -2.32. The van der Waals surface area contributed by atoms with Crippen LogP contribution in [0.3, 0.4) is 0 Å². The molecule has 3 heterocycles. The summed E-state index contributed by atoms with van der Waals surface area (Å²) < 4.78 is 0. The maximum Gasteiger partial charge on any atom is 0.256 e. The minimum atomic E-state index is -0.0461. The summed E-state index contributed by atoms with van der Waals surface area (Å²) in [6.07, 6.45) is 2.15. The largest absolute Gasteiger partial charge is 0.333 e. The number of nitrogens with zero attached hydrogens (tertiary/aromatic N) is 2. The number of aromatic nitrogens is 1. The van der Waals surface area contributed by atoms with Gasteiger partial charge in [0.2, 0.25) is 0 Å². The van der Waals surface area contributed by atoms with Crippen LogP contribution in [0, 0.1) is 6.92 Å². The second-order valence-corrected chi connectivity index (χ2v) is 6.99. The maximum atomic E-state index is 12.8. The lowest BCUT2D eigenvalue weighted by atomic mass is 10.0. The van der Waals surface area contributed by atoms with Crippen LogP contribution in [0.2, 0.25) is 0 Å². The Kier molecular flexibility index (Phi) is 3.57. The van der Waals surface area contributed by atoms with Crippen LogP contribution in [-0.2, 0) is 0 Å². The molecule has 0 N–H and O–H groups in total. The van der Waals surface area contributed by atoms with E-state index in [-0.39, 0.29) is 11.4 Å². The van der Waals surface area contributed by atoms with Gasteiger partial charge in [-0.3, -0.25) is 9.78 Å². The fourth-order valence-corrected chi connectivity index (χ4v) is 3.64. The predicted octanol–water partition coefficient (Wildman–Crippen LogP) is 4.13. The van der Waals surface area contributed by atoms with Crippen molar-refractivity contribution >= 4 is 17.2 Å². The van der Waals surface area contributed by atoms with Gasteiger partial charge in [0.1, 0.15) is 0 Å². The van der Waals surface area contributed by atoms with Gasteiger partial charge in [-0.2, -0.15) is 11.3 Å². The van der Waals surface area contributed by atoms with Gasteiger partial charge in [-0.25, -0.2) is 0 Å².